The molecule has 0 aliphatic rings. The number of amides is 1. The van der Waals surface area contributed by atoms with E-state index in [0.717, 1.165) is 10.6 Å². The number of methoxy groups -OCH3 is 2. The molecule has 0 fully saturated rings. The monoisotopic (exact) mass is 426 g/mol. The predicted molar refractivity (Wildman–Crippen MR) is 111 cm³/mol. The molecular weight excluding hydrogens is 404 g/mol. The van der Waals surface area contributed by atoms with Crippen LogP contribution in [0, 0.1) is 0 Å². The summed E-state index contributed by atoms with van der Waals surface area (Å²) < 4.78 is 36.7. The van der Waals surface area contributed by atoms with Crippen LogP contribution >= 0.6 is 11.6 Å². The fourth-order valence-electron chi connectivity index (χ4n) is 2.80. The minimum Gasteiger partial charge on any atom is -0.497 e. The molecule has 0 saturated carbocycles. The normalized spacial score (nSPS) is 12.2. The summed E-state index contributed by atoms with van der Waals surface area (Å²) in [5.41, 5.74) is 0.694. The second kappa shape index (κ2) is 9.16. The lowest BCUT2D eigenvalue weighted by atomic mass is 10.1. The first-order chi connectivity index (χ1) is 13.2. The lowest BCUT2D eigenvalue weighted by Gasteiger charge is -2.31. The number of benzene rings is 2. The van der Waals surface area contributed by atoms with Crippen LogP contribution in [0.4, 0.5) is 11.4 Å². The van der Waals surface area contributed by atoms with Gasteiger partial charge in [0.1, 0.15) is 17.5 Å². The highest BCUT2D eigenvalue weighted by molar-refractivity contribution is 7.92. The largest absolute Gasteiger partial charge is 0.497 e. The van der Waals surface area contributed by atoms with Crippen molar-refractivity contribution in [2.75, 3.05) is 30.1 Å². The van der Waals surface area contributed by atoms with Gasteiger partial charge in [-0.25, -0.2) is 8.42 Å². The quantitative estimate of drug-likeness (QED) is 0.697. The van der Waals surface area contributed by atoms with Crippen molar-refractivity contribution in [2.24, 2.45) is 0 Å². The number of nitrogens with one attached hydrogen (secondary N) is 1. The molecular formula is C19H23ClN2O5S. The van der Waals surface area contributed by atoms with Crippen LogP contribution < -0.4 is 19.1 Å². The molecule has 0 heterocycles. The topological polar surface area (TPSA) is 84.9 Å². The van der Waals surface area contributed by atoms with Crippen molar-refractivity contribution in [3.05, 3.63) is 47.5 Å². The van der Waals surface area contributed by atoms with Gasteiger partial charge in [0.05, 0.1) is 26.2 Å². The maximum absolute atomic E-state index is 13.0. The molecule has 28 heavy (non-hydrogen) atoms. The SMILES string of the molecule is CC[C@@H](C(=O)Nc1cccc(OC)c1)N(c1cc(Cl)ccc1OC)S(C)(=O)=O. The van der Waals surface area contributed by atoms with Gasteiger partial charge in [-0.3, -0.25) is 9.10 Å². The predicted octanol–water partition coefficient (Wildman–Crippen LogP) is 3.54. The Morgan fingerprint density at radius 2 is 1.89 bits per heavy atom. The average molecular weight is 427 g/mol. The van der Waals surface area contributed by atoms with Gasteiger partial charge in [-0.2, -0.15) is 0 Å². The Hall–Kier alpha value is -2.45. The molecule has 7 nitrogen and oxygen atoms in total. The number of halogens is 1. The van der Waals surface area contributed by atoms with E-state index < -0.39 is 22.0 Å². The van der Waals surface area contributed by atoms with Crippen molar-refractivity contribution in [2.45, 2.75) is 19.4 Å². The molecule has 0 aromatic heterocycles. The summed E-state index contributed by atoms with van der Waals surface area (Å²) in [5, 5.41) is 3.07. The van der Waals surface area contributed by atoms with Crippen LogP contribution in [0.2, 0.25) is 5.02 Å². The summed E-state index contributed by atoms with van der Waals surface area (Å²) >= 11 is 6.07. The highest BCUT2D eigenvalue weighted by Crippen LogP contribution is 2.35. The molecule has 0 radical (unpaired) electrons. The van der Waals surface area contributed by atoms with Gasteiger partial charge in [-0.05, 0) is 36.8 Å². The van der Waals surface area contributed by atoms with E-state index in [0.29, 0.717) is 22.2 Å². The van der Waals surface area contributed by atoms with Gasteiger partial charge in [0, 0.05) is 16.8 Å². The number of hydrogen-bond donors (Lipinski definition) is 1. The van der Waals surface area contributed by atoms with Gasteiger partial charge in [-0.15, -0.1) is 0 Å². The standard InChI is InChI=1S/C19H23ClN2O5S/c1-5-16(19(23)21-14-7-6-8-15(12-14)26-2)22(28(4,24)25)17-11-13(20)9-10-18(17)27-3/h6-12,16H,5H2,1-4H3,(H,21,23)/t16-/m0/s1. The van der Waals surface area contributed by atoms with E-state index in [1.165, 1.54) is 20.3 Å². The smallest absolute Gasteiger partial charge is 0.248 e. The molecule has 1 amide bonds. The molecule has 1 atom stereocenters. The lowest BCUT2D eigenvalue weighted by Crippen LogP contribution is -2.47. The van der Waals surface area contributed by atoms with Crippen molar-refractivity contribution in [1.29, 1.82) is 0 Å². The average Bonchev–Trinajstić information content (AvgIpc) is 2.64. The number of sulfonamides is 1. The number of carbonyl (C=O) groups is 1. The summed E-state index contributed by atoms with van der Waals surface area (Å²) in [4.78, 5) is 13.0. The molecule has 0 spiro atoms. The fraction of sp³-hybridized carbons (Fsp3) is 0.316. The van der Waals surface area contributed by atoms with Crippen LogP contribution in [0.15, 0.2) is 42.5 Å². The van der Waals surface area contributed by atoms with Crippen LogP contribution in [-0.4, -0.2) is 40.8 Å². The summed E-state index contributed by atoms with van der Waals surface area (Å²) in [6.07, 6.45) is 1.27. The number of anilines is 2. The molecule has 2 aromatic rings. The zero-order chi connectivity index (χ0) is 20.9. The molecule has 0 unspecified atom stereocenters. The molecule has 0 saturated heterocycles. The highest BCUT2D eigenvalue weighted by atomic mass is 35.5. The summed E-state index contributed by atoms with van der Waals surface area (Å²) in [5.74, 6) is 0.382. The van der Waals surface area contributed by atoms with Crippen molar-refractivity contribution in [1.82, 2.24) is 0 Å². The first kappa shape index (κ1) is 21.8. The van der Waals surface area contributed by atoms with Crippen LogP contribution in [-0.2, 0) is 14.8 Å². The van der Waals surface area contributed by atoms with E-state index in [-0.39, 0.29) is 12.1 Å². The molecule has 2 rings (SSSR count). The molecule has 0 aliphatic heterocycles. The van der Waals surface area contributed by atoms with Gasteiger partial charge in [0.15, 0.2) is 0 Å². The van der Waals surface area contributed by atoms with Crippen LogP contribution in [0.3, 0.4) is 0 Å². The van der Waals surface area contributed by atoms with E-state index in [1.807, 2.05) is 0 Å². The van der Waals surface area contributed by atoms with Crippen LogP contribution in [0.25, 0.3) is 0 Å². The molecule has 0 bridgehead atoms. The van der Waals surface area contributed by atoms with Gasteiger partial charge in [0.2, 0.25) is 15.9 Å². The van der Waals surface area contributed by atoms with E-state index in [4.69, 9.17) is 21.1 Å². The Balaban J connectivity index is 2.46. The van der Waals surface area contributed by atoms with Crippen molar-refractivity contribution in [3.8, 4) is 11.5 Å². The lowest BCUT2D eigenvalue weighted by molar-refractivity contribution is -0.117. The van der Waals surface area contributed by atoms with Gasteiger partial charge < -0.3 is 14.8 Å². The summed E-state index contributed by atoms with van der Waals surface area (Å²) in [7, 11) is -0.878. The van der Waals surface area contributed by atoms with E-state index in [9.17, 15) is 13.2 Å². The van der Waals surface area contributed by atoms with Gasteiger partial charge in [-0.1, -0.05) is 24.6 Å². The summed E-state index contributed by atoms with van der Waals surface area (Å²) in [6, 6.07) is 10.4. The Kier molecular flexibility index (Phi) is 7.15. The number of rotatable bonds is 8. The Bertz CT molecular complexity index is 949. The van der Waals surface area contributed by atoms with Crippen molar-refractivity contribution in [3.63, 3.8) is 0 Å². The first-order valence-electron chi connectivity index (χ1n) is 8.49. The minimum atomic E-state index is -3.82. The van der Waals surface area contributed by atoms with Crippen LogP contribution in [0.1, 0.15) is 13.3 Å². The summed E-state index contributed by atoms with van der Waals surface area (Å²) in [6.45, 7) is 1.73. The van der Waals surface area contributed by atoms with Gasteiger partial charge in [0.25, 0.3) is 0 Å². The third-order valence-corrected chi connectivity index (χ3v) is 5.45. The second-order valence-electron chi connectivity index (χ2n) is 6.02. The maximum atomic E-state index is 13.0. The van der Waals surface area contributed by atoms with E-state index in [1.54, 1.807) is 43.3 Å². The van der Waals surface area contributed by atoms with E-state index >= 15 is 0 Å². The van der Waals surface area contributed by atoms with Gasteiger partial charge >= 0.3 is 0 Å². The molecule has 2 aromatic carbocycles. The molecule has 9 heteroatoms. The Morgan fingerprint density at radius 1 is 1.18 bits per heavy atom. The van der Waals surface area contributed by atoms with Crippen molar-refractivity contribution >= 4 is 38.9 Å². The number of hydrogen-bond acceptors (Lipinski definition) is 5. The second-order valence-corrected chi connectivity index (χ2v) is 8.32. The Morgan fingerprint density at radius 3 is 2.46 bits per heavy atom. The third-order valence-electron chi connectivity index (χ3n) is 4.05. The zero-order valence-electron chi connectivity index (χ0n) is 16.1. The number of carbonyl (C=O) groups excluding carboxylic acids is 1. The third kappa shape index (κ3) is 5.08. The Labute approximate surface area is 170 Å². The zero-order valence-corrected chi connectivity index (χ0v) is 17.7. The molecule has 0 aliphatic carbocycles. The van der Waals surface area contributed by atoms with Crippen molar-refractivity contribution < 1.29 is 22.7 Å². The van der Waals surface area contributed by atoms with Crippen LogP contribution in [0.5, 0.6) is 11.5 Å². The first-order valence-corrected chi connectivity index (χ1v) is 10.7. The molecule has 1 N–H and O–H groups in total. The highest BCUT2D eigenvalue weighted by Gasteiger charge is 2.33. The minimum absolute atomic E-state index is 0.199. The maximum Gasteiger partial charge on any atom is 0.248 e. The van der Waals surface area contributed by atoms with E-state index in [2.05, 4.69) is 5.32 Å². The number of ether oxygens (including phenoxy) is 2. The number of nitrogens with zero attached hydrogens (tertiary/aromatic N) is 1. The fourth-order valence-corrected chi connectivity index (χ4v) is 4.17. The molecule has 152 valence electrons.